The smallest absolute Gasteiger partial charge is 0.258 e. The average molecular weight is 362 g/mol. The van der Waals surface area contributed by atoms with Crippen LogP contribution in [0.2, 0.25) is 0 Å². The van der Waals surface area contributed by atoms with Crippen molar-refractivity contribution in [1.29, 1.82) is 0 Å². The van der Waals surface area contributed by atoms with Gasteiger partial charge in [0.15, 0.2) is 5.78 Å². The van der Waals surface area contributed by atoms with Crippen molar-refractivity contribution in [3.63, 3.8) is 0 Å². The van der Waals surface area contributed by atoms with Gasteiger partial charge in [0.1, 0.15) is 5.75 Å². The maximum Gasteiger partial charge on any atom is 0.258 e. The molecule has 0 unspecified atom stereocenters. The van der Waals surface area contributed by atoms with Crippen molar-refractivity contribution in [2.75, 3.05) is 17.7 Å². The predicted molar refractivity (Wildman–Crippen MR) is 103 cm³/mol. The third-order valence-electron chi connectivity index (χ3n) is 3.79. The number of rotatable bonds is 6. The van der Waals surface area contributed by atoms with Gasteiger partial charge >= 0.3 is 0 Å². The highest BCUT2D eigenvalue weighted by molar-refractivity contribution is 6.03. The number of aromatic nitrogens is 2. The molecule has 0 saturated carbocycles. The second-order valence-corrected chi connectivity index (χ2v) is 5.74. The quantitative estimate of drug-likeness (QED) is 0.650. The van der Waals surface area contributed by atoms with Gasteiger partial charge in [0.05, 0.1) is 12.7 Å². The summed E-state index contributed by atoms with van der Waals surface area (Å²) in [5.74, 6) is 0.702. The van der Waals surface area contributed by atoms with Gasteiger partial charge < -0.3 is 15.4 Å². The van der Waals surface area contributed by atoms with E-state index in [1.54, 1.807) is 55.6 Å². The van der Waals surface area contributed by atoms with Gasteiger partial charge in [0.2, 0.25) is 5.95 Å². The Morgan fingerprint density at radius 3 is 2.26 bits per heavy atom. The summed E-state index contributed by atoms with van der Waals surface area (Å²) in [6.45, 7) is 1.51. The Kier molecular flexibility index (Phi) is 5.41. The summed E-state index contributed by atoms with van der Waals surface area (Å²) >= 11 is 0. The van der Waals surface area contributed by atoms with Crippen LogP contribution in [0.25, 0.3) is 0 Å². The van der Waals surface area contributed by atoms with Crippen molar-refractivity contribution in [3.8, 4) is 5.75 Å². The summed E-state index contributed by atoms with van der Waals surface area (Å²) < 4.78 is 5.08. The van der Waals surface area contributed by atoms with Gasteiger partial charge in [-0.3, -0.25) is 9.59 Å². The molecule has 0 bridgehead atoms. The number of hydrogen-bond donors (Lipinski definition) is 2. The number of anilines is 3. The maximum absolute atomic E-state index is 12.3. The molecule has 3 rings (SSSR count). The SMILES string of the molecule is COc1ccc(NC(=O)c2cnc(Nc3cccc(C(C)=O)c3)nc2)cc1. The van der Waals surface area contributed by atoms with Crippen molar-refractivity contribution < 1.29 is 14.3 Å². The number of hydrogen-bond acceptors (Lipinski definition) is 6. The molecule has 0 fully saturated rings. The third kappa shape index (κ3) is 4.66. The molecule has 7 nitrogen and oxygen atoms in total. The molecule has 0 spiro atoms. The van der Waals surface area contributed by atoms with Gasteiger partial charge in [-0.1, -0.05) is 12.1 Å². The van der Waals surface area contributed by atoms with Crippen LogP contribution in [-0.2, 0) is 0 Å². The lowest BCUT2D eigenvalue weighted by Crippen LogP contribution is -2.13. The molecule has 2 aromatic carbocycles. The fraction of sp³-hybridized carbons (Fsp3) is 0.100. The first-order valence-electron chi connectivity index (χ1n) is 8.20. The molecular formula is C20H18N4O3. The van der Waals surface area contributed by atoms with Crippen LogP contribution < -0.4 is 15.4 Å². The minimum Gasteiger partial charge on any atom is -0.497 e. The highest BCUT2D eigenvalue weighted by atomic mass is 16.5. The molecule has 0 saturated heterocycles. The van der Waals surface area contributed by atoms with Gasteiger partial charge in [-0.25, -0.2) is 9.97 Å². The topological polar surface area (TPSA) is 93.2 Å². The van der Waals surface area contributed by atoms with Crippen LogP contribution >= 0.6 is 0 Å². The van der Waals surface area contributed by atoms with Gasteiger partial charge in [0.25, 0.3) is 5.91 Å². The summed E-state index contributed by atoms with van der Waals surface area (Å²) in [5, 5.41) is 5.77. The van der Waals surface area contributed by atoms with Crippen LogP contribution in [0.15, 0.2) is 60.9 Å². The van der Waals surface area contributed by atoms with E-state index in [4.69, 9.17) is 4.74 Å². The summed E-state index contributed by atoms with van der Waals surface area (Å²) in [6.07, 6.45) is 2.87. The molecule has 0 aliphatic rings. The van der Waals surface area contributed by atoms with E-state index in [9.17, 15) is 9.59 Å². The lowest BCUT2D eigenvalue weighted by atomic mass is 10.1. The molecule has 7 heteroatoms. The predicted octanol–water partition coefficient (Wildman–Crippen LogP) is 3.68. The lowest BCUT2D eigenvalue weighted by molar-refractivity contribution is 0.101. The van der Waals surface area contributed by atoms with E-state index in [1.807, 2.05) is 0 Å². The second-order valence-electron chi connectivity index (χ2n) is 5.74. The van der Waals surface area contributed by atoms with Crippen LogP contribution in [0.4, 0.5) is 17.3 Å². The Bertz CT molecular complexity index is 954. The normalized spacial score (nSPS) is 10.1. The van der Waals surface area contributed by atoms with Crippen molar-refractivity contribution in [2.24, 2.45) is 0 Å². The highest BCUT2D eigenvalue weighted by Crippen LogP contribution is 2.17. The van der Waals surface area contributed by atoms with Crippen molar-refractivity contribution in [1.82, 2.24) is 9.97 Å². The number of carbonyl (C=O) groups excluding carboxylic acids is 2. The van der Waals surface area contributed by atoms with E-state index in [1.165, 1.54) is 19.3 Å². The van der Waals surface area contributed by atoms with E-state index < -0.39 is 0 Å². The Morgan fingerprint density at radius 2 is 1.63 bits per heavy atom. The molecule has 0 radical (unpaired) electrons. The molecular weight excluding hydrogens is 344 g/mol. The molecule has 3 aromatic rings. The van der Waals surface area contributed by atoms with Crippen molar-refractivity contribution in [2.45, 2.75) is 6.92 Å². The summed E-state index contributed by atoms with van der Waals surface area (Å²) in [5.41, 5.74) is 2.26. The van der Waals surface area contributed by atoms with Crippen LogP contribution in [0.5, 0.6) is 5.75 Å². The standard InChI is InChI=1S/C20H18N4O3/c1-13(25)14-4-3-5-17(10-14)24-20-21-11-15(12-22-20)19(26)23-16-6-8-18(27-2)9-7-16/h3-12H,1-2H3,(H,23,26)(H,21,22,24). The number of methoxy groups -OCH3 is 1. The van der Waals surface area contributed by atoms with Gasteiger partial charge in [0, 0.05) is 29.3 Å². The van der Waals surface area contributed by atoms with Gasteiger partial charge in [-0.05, 0) is 43.3 Å². The third-order valence-corrected chi connectivity index (χ3v) is 3.79. The minimum atomic E-state index is -0.315. The monoisotopic (exact) mass is 362 g/mol. The molecule has 0 aliphatic heterocycles. The highest BCUT2D eigenvalue weighted by Gasteiger charge is 2.08. The maximum atomic E-state index is 12.3. The molecule has 136 valence electrons. The molecule has 0 aliphatic carbocycles. The second kappa shape index (κ2) is 8.09. The number of ether oxygens (including phenoxy) is 1. The fourth-order valence-corrected chi connectivity index (χ4v) is 2.33. The number of amides is 1. The summed E-state index contributed by atoms with van der Waals surface area (Å²) in [4.78, 5) is 32.0. The summed E-state index contributed by atoms with van der Waals surface area (Å²) in [6, 6.07) is 14.0. The zero-order valence-electron chi connectivity index (χ0n) is 14.9. The van der Waals surface area contributed by atoms with Crippen molar-refractivity contribution >= 4 is 29.0 Å². The van der Waals surface area contributed by atoms with E-state index in [0.29, 0.717) is 34.2 Å². The van der Waals surface area contributed by atoms with E-state index in [0.717, 1.165) is 0 Å². The average Bonchev–Trinajstić information content (AvgIpc) is 2.69. The van der Waals surface area contributed by atoms with Gasteiger partial charge in [-0.15, -0.1) is 0 Å². The number of benzene rings is 2. The van der Waals surface area contributed by atoms with Crippen LogP contribution in [0.3, 0.4) is 0 Å². The zero-order chi connectivity index (χ0) is 19.2. The Balaban J connectivity index is 1.66. The van der Waals surface area contributed by atoms with Gasteiger partial charge in [-0.2, -0.15) is 0 Å². The first-order chi connectivity index (χ1) is 13.0. The molecule has 1 aromatic heterocycles. The fourth-order valence-electron chi connectivity index (χ4n) is 2.33. The Hall–Kier alpha value is -3.74. The number of ketones is 1. The number of nitrogens with zero attached hydrogens (tertiary/aromatic N) is 2. The first-order valence-corrected chi connectivity index (χ1v) is 8.20. The molecule has 0 atom stereocenters. The van der Waals surface area contributed by atoms with Crippen molar-refractivity contribution in [3.05, 3.63) is 72.1 Å². The van der Waals surface area contributed by atoms with E-state index in [2.05, 4.69) is 20.6 Å². The van der Waals surface area contributed by atoms with Crippen LogP contribution in [0, 0.1) is 0 Å². The largest absolute Gasteiger partial charge is 0.497 e. The molecule has 27 heavy (non-hydrogen) atoms. The van der Waals surface area contributed by atoms with Crippen LogP contribution in [0.1, 0.15) is 27.6 Å². The lowest BCUT2D eigenvalue weighted by Gasteiger charge is -2.08. The number of carbonyl (C=O) groups is 2. The molecule has 1 amide bonds. The Labute approximate surface area is 156 Å². The van der Waals surface area contributed by atoms with E-state index in [-0.39, 0.29) is 11.7 Å². The number of Topliss-reactive ketones (excluding diaryl/α,β-unsaturated/α-hetero) is 1. The minimum absolute atomic E-state index is 0.0230. The van der Waals surface area contributed by atoms with Crippen LogP contribution in [-0.4, -0.2) is 28.8 Å². The van der Waals surface area contributed by atoms with E-state index >= 15 is 0 Å². The summed E-state index contributed by atoms with van der Waals surface area (Å²) in [7, 11) is 1.58. The zero-order valence-corrected chi connectivity index (χ0v) is 14.9. The molecule has 1 heterocycles. The Morgan fingerprint density at radius 1 is 0.926 bits per heavy atom. The first kappa shape index (κ1) is 18.1. The molecule has 2 N–H and O–H groups in total. The number of nitrogens with one attached hydrogen (secondary N) is 2.